The lowest BCUT2D eigenvalue weighted by Crippen LogP contribution is -2.28. The number of aromatic nitrogens is 2. The molecule has 0 spiro atoms. The second-order valence-electron chi connectivity index (χ2n) is 8.94. The third-order valence-corrected chi connectivity index (χ3v) is 8.11. The summed E-state index contributed by atoms with van der Waals surface area (Å²) in [5, 5.41) is 4.33. The van der Waals surface area contributed by atoms with Crippen LogP contribution < -0.4 is 10.9 Å². The smallest absolute Gasteiger partial charge is 0.263 e. The van der Waals surface area contributed by atoms with E-state index in [0.29, 0.717) is 30.6 Å². The number of carbonyl (C=O) groups excluding carboxylic acids is 1. The number of fused-ring (bicyclic) bond motifs is 3. The highest BCUT2D eigenvalue weighted by Gasteiger charge is 2.22. The number of benzene rings is 1. The SMILES string of the molecule is CC(C)CCn1c(SCC(=O)NCCc2ccc(F)cc2)nc2sc3c(c2c1=O)CCCC3. The summed E-state index contributed by atoms with van der Waals surface area (Å²) in [7, 11) is 0. The van der Waals surface area contributed by atoms with Gasteiger partial charge in [0.15, 0.2) is 5.16 Å². The summed E-state index contributed by atoms with van der Waals surface area (Å²) in [4.78, 5) is 32.9. The number of carbonyl (C=O) groups is 1. The Morgan fingerprint density at radius 2 is 2.00 bits per heavy atom. The number of amides is 1. The van der Waals surface area contributed by atoms with Crippen LogP contribution in [-0.4, -0.2) is 27.8 Å². The molecule has 0 unspecified atom stereocenters. The zero-order valence-electron chi connectivity index (χ0n) is 19.2. The normalized spacial score (nSPS) is 13.5. The Kier molecular flexibility index (Phi) is 7.86. The predicted octanol–water partition coefficient (Wildman–Crippen LogP) is 4.97. The molecule has 5 nitrogen and oxygen atoms in total. The molecule has 3 aromatic rings. The van der Waals surface area contributed by atoms with Gasteiger partial charge in [0.1, 0.15) is 10.6 Å². The Bertz CT molecular complexity index is 1190. The highest BCUT2D eigenvalue weighted by atomic mass is 32.2. The van der Waals surface area contributed by atoms with Crippen LogP contribution in [0.15, 0.2) is 34.2 Å². The molecule has 0 bridgehead atoms. The maximum Gasteiger partial charge on any atom is 0.263 e. The van der Waals surface area contributed by atoms with Gasteiger partial charge in [-0.2, -0.15) is 0 Å². The van der Waals surface area contributed by atoms with Crippen molar-refractivity contribution in [3.05, 3.63) is 56.4 Å². The summed E-state index contributed by atoms with van der Waals surface area (Å²) in [6, 6.07) is 6.30. The van der Waals surface area contributed by atoms with E-state index in [4.69, 9.17) is 4.98 Å². The van der Waals surface area contributed by atoms with Crippen LogP contribution in [0.1, 0.15) is 49.1 Å². The first-order valence-electron chi connectivity index (χ1n) is 11.6. The number of rotatable bonds is 9. The molecule has 4 rings (SSSR count). The van der Waals surface area contributed by atoms with Crippen LogP contribution in [0.2, 0.25) is 0 Å². The molecule has 8 heteroatoms. The molecule has 1 aromatic carbocycles. The van der Waals surface area contributed by atoms with Gasteiger partial charge in [-0.3, -0.25) is 14.2 Å². The molecule has 176 valence electrons. The van der Waals surface area contributed by atoms with Gasteiger partial charge < -0.3 is 5.32 Å². The Morgan fingerprint density at radius 3 is 2.76 bits per heavy atom. The fourth-order valence-corrected chi connectivity index (χ4v) is 6.25. The number of hydrogen-bond acceptors (Lipinski definition) is 5. The average molecular weight is 488 g/mol. The molecule has 0 radical (unpaired) electrons. The zero-order valence-corrected chi connectivity index (χ0v) is 20.8. The molecule has 0 fully saturated rings. The highest BCUT2D eigenvalue weighted by Crippen LogP contribution is 2.34. The molecular weight excluding hydrogens is 457 g/mol. The molecule has 1 aliphatic rings. The van der Waals surface area contributed by atoms with E-state index in [1.54, 1.807) is 28.0 Å². The first kappa shape index (κ1) is 24.0. The largest absolute Gasteiger partial charge is 0.355 e. The summed E-state index contributed by atoms with van der Waals surface area (Å²) in [6.07, 6.45) is 5.80. The van der Waals surface area contributed by atoms with E-state index in [2.05, 4.69) is 19.2 Å². The fraction of sp³-hybridized carbons (Fsp3) is 0.480. The van der Waals surface area contributed by atoms with Gasteiger partial charge in [0.2, 0.25) is 5.91 Å². The lowest BCUT2D eigenvalue weighted by atomic mass is 9.97. The molecule has 33 heavy (non-hydrogen) atoms. The number of halogens is 1. The summed E-state index contributed by atoms with van der Waals surface area (Å²) in [6.45, 7) is 5.38. The van der Waals surface area contributed by atoms with Crippen LogP contribution in [0.4, 0.5) is 4.39 Å². The minimum Gasteiger partial charge on any atom is -0.355 e. The maximum absolute atomic E-state index is 13.5. The average Bonchev–Trinajstić information content (AvgIpc) is 3.17. The van der Waals surface area contributed by atoms with Crippen molar-refractivity contribution in [2.45, 2.75) is 64.1 Å². The van der Waals surface area contributed by atoms with Gasteiger partial charge in [-0.05, 0) is 67.7 Å². The van der Waals surface area contributed by atoms with Gasteiger partial charge in [0, 0.05) is 18.0 Å². The Hall–Kier alpha value is -2.19. The monoisotopic (exact) mass is 487 g/mol. The van der Waals surface area contributed by atoms with Crippen LogP contribution in [0.25, 0.3) is 10.2 Å². The number of nitrogens with one attached hydrogen (secondary N) is 1. The van der Waals surface area contributed by atoms with Crippen molar-refractivity contribution in [3.63, 3.8) is 0 Å². The Morgan fingerprint density at radius 1 is 1.24 bits per heavy atom. The quantitative estimate of drug-likeness (QED) is 0.342. The maximum atomic E-state index is 13.5. The molecule has 1 N–H and O–H groups in total. The Balaban J connectivity index is 1.47. The van der Waals surface area contributed by atoms with E-state index >= 15 is 0 Å². The third kappa shape index (κ3) is 5.84. The molecule has 2 heterocycles. The van der Waals surface area contributed by atoms with Crippen molar-refractivity contribution in [2.24, 2.45) is 5.92 Å². The topological polar surface area (TPSA) is 64.0 Å². The van der Waals surface area contributed by atoms with Crippen molar-refractivity contribution in [1.29, 1.82) is 0 Å². The van der Waals surface area contributed by atoms with E-state index in [-0.39, 0.29) is 23.0 Å². The van der Waals surface area contributed by atoms with Crippen LogP contribution in [0, 0.1) is 11.7 Å². The van der Waals surface area contributed by atoms with E-state index in [1.807, 2.05) is 0 Å². The number of aryl methyl sites for hydroxylation is 2. The number of thiophene rings is 1. The van der Waals surface area contributed by atoms with E-state index < -0.39 is 0 Å². The van der Waals surface area contributed by atoms with Crippen molar-refractivity contribution in [1.82, 2.24) is 14.9 Å². The minimum absolute atomic E-state index is 0.0410. The first-order chi connectivity index (χ1) is 15.9. The summed E-state index contributed by atoms with van der Waals surface area (Å²) < 4.78 is 14.8. The van der Waals surface area contributed by atoms with Crippen LogP contribution in [-0.2, 0) is 30.6 Å². The predicted molar refractivity (Wildman–Crippen MR) is 134 cm³/mol. The highest BCUT2D eigenvalue weighted by molar-refractivity contribution is 7.99. The van der Waals surface area contributed by atoms with Gasteiger partial charge in [0.25, 0.3) is 5.56 Å². The zero-order chi connectivity index (χ0) is 23.4. The summed E-state index contributed by atoms with van der Waals surface area (Å²) in [5.74, 6) is 0.307. The van der Waals surface area contributed by atoms with Gasteiger partial charge in [0.05, 0.1) is 11.1 Å². The van der Waals surface area contributed by atoms with Gasteiger partial charge >= 0.3 is 0 Å². The molecule has 0 atom stereocenters. The first-order valence-corrected chi connectivity index (χ1v) is 13.4. The molecule has 1 amide bonds. The van der Waals surface area contributed by atoms with E-state index in [1.165, 1.54) is 40.8 Å². The van der Waals surface area contributed by atoms with E-state index in [9.17, 15) is 14.0 Å². The summed E-state index contributed by atoms with van der Waals surface area (Å²) >= 11 is 2.97. The molecule has 1 aliphatic carbocycles. The number of nitrogens with zero attached hydrogens (tertiary/aromatic N) is 2. The lowest BCUT2D eigenvalue weighted by Gasteiger charge is -2.14. The van der Waals surface area contributed by atoms with Gasteiger partial charge in [-0.1, -0.05) is 37.7 Å². The minimum atomic E-state index is -0.265. The standard InChI is InChI=1S/C25H30FN3O2S2/c1-16(2)12-14-29-24(31)22-19-5-3-4-6-20(19)33-23(22)28-25(29)32-15-21(30)27-13-11-17-7-9-18(26)10-8-17/h7-10,16H,3-6,11-15H2,1-2H3,(H,27,30). The van der Waals surface area contributed by atoms with Crippen molar-refractivity contribution in [2.75, 3.05) is 12.3 Å². The van der Waals surface area contributed by atoms with Crippen molar-refractivity contribution < 1.29 is 9.18 Å². The second-order valence-corrected chi connectivity index (χ2v) is 11.0. The van der Waals surface area contributed by atoms with Gasteiger partial charge in [-0.15, -0.1) is 11.3 Å². The number of hydrogen-bond donors (Lipinski definition) is 1. The molecule has 0 saturated heterocycles. The van der Waals surface area contributed by atoms with Crippen LogP contribution in [0.5, 0.6) is 0 Å². The van der Waals surface area contributed by atoms with Crippen molar-refractivity contribution in [3.8, 4) is 0 Å². The fourth-order valence-electron chi connectivity index (χ4n) is 4.09. The second kappa shape index (κ2) is 10.8. The third-order valence-electron chi connectivity index (χ3n) is 5.95. The van der Waals surface area contributed by atoms with Gasteiger partial charge in [-0.25, -0.2) is 9.37 Å². The molecular formula is C25H30FN3O2S2. The van der Waals surface area contributed by atoms with Crippen molar-refractivity contribution >= 4 is 39.2 Å². The van der Waals surface area contributed by atoms with Crippen LogP contribution in [0.3, 0.4) is 0 Å². The Labute approximate surface area is 201 Å². The molecule has 2 aromatic heterocycles. The molecule has 0 aliphatic heterocycles. The van der Waals surface area contributed by atoms with E-state index in [0.717, 1.165) is 41.5 Å². The lowest BCUT2D eigenvalue weighted by molar-refractivity contribution is -0.118. The molecule has 0 saturated carbocycles. The van der Waals surface area contributed by atoms with Crippen LogP contribution >= 0.6 is 23.1 Å². The summed E-state index contributed by atoms with van der Waals surface area (Å²) in [5.41, 5.74) is 2.21. The number of thioether (sulfide) groups is 1.